The molecule has 0 radical (unpaired) electrons. The highest BCUT2D eigenvalue weighted by atomic mass is 35.5. The van der Waals surface area contributed by atoms with Gasteiger partial charge in [0.1, 0.15) is 5.82 Å². The van der Waals surface area contributed by atoms with Crippen LogP contribution in [0.15, 0.2) is 30.1 Å². The first kappa shape index (κ1) is 14.1. The number of benzene rings is 1. The molecule has 0 heterocycles. The summed E-state index contributed by atoms with van der Waals surface area (Å²) < 4.78 is 25.3. The Labute approximate surface area is 94.4 Å². The Morgan fingerprint density at radius 3 is 2.60 bits per heavy atom. The summed E-state index contributed by atoms with van der Waals surface area (Å²) >= 11 is 0. The maximum absolute atomic E-state index is 13.1. The van der Waals surface area contributed by atoms with Crippen molar-refractivity contribution >= 4 is 12.4 Å². The number of halogens is 3. The summed E-state index contributed by atoms with van der Waals surface area (Å²) in [6, 6.07) is 4.86. The molecular weight excluding hydrogens is 220 g/mol. The molecule has 0 aliphatic rings. The minimum absolute atomic E-state index is 0. The van der Waals surface area contributed by atoms with E-state index in [0.29, 0.717) is 23.9 Å². The highest BCUT2D eigenvalue weighted by Crippen LogP contribution is 2.12. The predicted molar refractivity (Wildman–Crippen MR) is 60.3 cm³/mol. The van der Waals surface area contributed by atoms with Gasteiger partial charge in [-0.15, -0.1) is 12.4 Å². The minimum atomic E-state index is -0.266. The van der Waals surface area contributed by atoms with E-state index in [1.54, 1.807) is 19.1 Å². The number of rotatable bonds is 3. The summed E-state index contributed by atoms with van der Waals surface area (Å²) in [6.45, 7) is 1.85. The molecule has 0 unspecified atom stereocenters. The zero-order valence-corrected chi connectivity index (χ0v) is 9.28. The second kappa shape index (κ2) is 6.53. The molecule has 0 aliphatic carbocycles. The van der Waals surface area contributed by atoms with Crippen molar-refractivity contribution < 1.29 is 8.78 Å². The molecule has 4 heteroatoms. The van der Waals surface area contributed by atoms with Crippen molar-refractivity contribution in [3.63, 3.8) is 0 Å². The van der Waals surface area contributed by atoms with E-state index in [1.165, 1.54) is 6.07 Å². The van der Waals surface area contributed by atoms with Gasteiger partial charge in [-0.1, -0.05) is 12.1 Å². The number of hydrogen-bond acceptors (Lipinski definition) is 1. The first-order valence-corrected chi connectivity index (χ1v) is 4.40. The van der Waals surface area contributed by atoms with Crippen LogP contribution in [0.4, 0.5) is 8.78 Å². The smallest absolute Gasteiger partial charge is 0.126 e. The zero-order chi connectivity index (χ0) is 10.6. The summed E-state index contributed by atoms with van der Waals surface area (Å²) in [5.41, 5.74) is 7.09. The number of aryl methyl sites for hydroxylation is 1. The van der Waals surface area contributed by atoms with E-state index in [9.17, 15) is 8.78 Å². The van der Waals surface area contributed by atoms with Crippen LogP contribution in [0, 0.1) is 12.7 Å². The molecule has 15 heavy (non-hydrogen) atoms. The molecule has 84 valence electrons. The van der Waals surface area contributed by atoms with Gasteiger partial charge in [-0.2, -0.15) is 0 Å². The molecule has 0 spiro atoms. The van der Waals surface area contributed by atoms with Crippen LogP contribution in [-0.4, -0.2) is 6.54 Å². The van der Waals surface area contributed by atoms with Crippen molar-refractivity contribution in [1.82, 2.24) is 0 Å². The average molecular weight is 234 g/mol. The zero-order valence-electron chi connectivity index (χ0n) is 8.47. The van der Waals surface area contributed by atoms with E-state index in [2.05, 4.69) is 0 Å². The summed E-state index contributed by atoms with van der Waals surface area (Å²) in [5.74, 6) is -0.266. The van der Waals surface area contributed by atoms with Crippen molar-refractivity contribution in [2.45, 2.75) is 13.3 Å². The Kier molecular flexibility index (Phi) is 6.13. The van der Waals surface area contributed by atoms with Crippen LogP contribution in [0.1, 0.15) is 11.1 Å². The Morgan fingerprint density at radius 1 is 1.47 bits per heavy atom. The maximum atomic E-state index is 13.1. The topological polar surface area (TPSA) is 26.0 Å². The van der Waals surface area contributed by atoms with Crippen molar-refractivity contribution in [1.29, 1.82) is 0 Å². The molecule has 1 nitrogen and oxygen atoms in total. The second-order valence-corrected chi connectivity index (χ2v) is 3.23. The highest BCUT2D eigenvalue weighted by molar-refractivity contribution is 5.85. The Bertz CT molecular complexity index is 350. The Morgan fingerprint density at radius 2 is 2.13 bits per heavy atom. The lowest BCUT2D eigenvalue weighted by Gasteiger charge is -2.04. The Balaban J connectivity index is 0.00000196. The molecular formula is C11H14ClF2N. The van der Waals surface area contributed by atoms with Gasteiger partial charge < -0.3 is 5.73 Å². The lowest BCUT2D eigenvalue weighted by Crippen LogP contribution is -2.05. The summed E-state index contributed by atoms with van der Waals surface area (Å²) in [6.07, 6.45) is 0.849. The quantitative estimate of drug-likeness (QED) is 0.854. The van der Waals surface area contributed by atoms with Crippen LogP contribution in [0.2, 0.25) is 0 Å². The average Bonchev–Trinajstić information content (AvgIpc) is 2.19. The largest absolute Gasteiger partial charge is 0.327 e. The molecule has 0 amide bonds. The third-order valence-corrected chi connectivity index (χ3v) is 2.08. The van der Waals surface area contributed by atoms with Crippen LogP contribution >= 0.6 is 12.4 Å². The van der Waals surface area contributed by atoms with E-state index in [-0.39, 0.29) is 24.8 Å². The van der Waals surface area contributed by atoms with Crippen molar-refractivity contribution in [2.75, 3.05) is 6.54 Å². The van der Waals surface area contributed by atoms with E-state index < -0.39 is 0 Å². The second-order valence-electron chi connectivity index (χ2n) is 3.23. The maximum Gasteiger partial charge on any atom is 0.126 e. The van der Waals surface area contributed by atoms with Crippen LogP contribution in [-0.2, 0) is 6.42 Å². The van der Waals surface area contributed by atoms with Gasteiger partial charge in [-0.25, -0.2) is 8.78 Å². The fourth-order valence-corrected chi connectivity index (χ4v) is 1.16. The lowest BCUT2D eigenvalue weighted by molar-refractivity contribution is 0.616. The van der Waals surface area contributed by atoms with Gasteiger partial charge in [-0.3, -0.25) is 0 Å². The molecule has 1 aromatic rings. The van der Waals surface area contributed by atoms with Gasteiger partial charge in [0.2, 0.25) is 0 Å². The number of nitrogens with two attached hydrogens (primary N) is 1. The number of hydrogen-bond donors (Lipinski definition) is 1. The molecule has 0 atom stereocenters. The summed E-state index contributed by atoms with van der Waals surface area (Å²) in [4.78, 5) is 0. The third kappa shape index (κ3) is 3.98. The van der Waals surface area contributed by atoms with Gasteiger partial charge in [0.05, 0.1) is 6.33 Å². The highest BCUT2D eigenvalue weighted by Gasteiger charge is 2.01. The van der Waals surface area contributed by atoms with Crippen LogP contribution in [0.3, 0.4) is 0 Å². The van der Waals surface area contributed by atoms with Crippen molar-refractivity contribution in [2.24, 2.45) is 5.73 Å². The molecule has 0 fully saturated rings. The molecule has 0 aliphatic heterocycles. The minimum Gasteiger partial charge on any atom is -0.327 e. The van der Waals surface area contributed by atoms with Gasteiger partial charge in [-0.05, 0) is 36.1 Å². The van der Waals surface area contributed by atoms with E-state index in [0.717, 1.165) is 5.56 Å². The van der Waals surface area contributed by atoms with Crippen LogP contribution in [0.25, 0.3) is 0 Å². The van der Waals surface area contributed by atoms with Crippen LogP contribution in [0.5, 0.6) is 0 Å². The molecule has 1 aromatic carbocycles. The predicted octanol–water partition coefficient (Wildman–Crippen LogP) is 2.91. The van der Waals surface area contributed by atoms with Gasteiger partial charge in [0, 0.05) is 6.54 Å². The summed E-state index contributed by atoms with van der Waals surface area (Å²) in [7, 11) is 0. The van der Waals surface area contributed by atoms with E-state index in [1.807, 2.05) is 0 Å². The molecule has 0 saturated heterocycles. The molecule has 1 rings (SSSR count). The fraction of sp³-hybridized carbons (Fsp3) is 0.273. The standard InChI is InChI=1S/C11H13F2N.ClH/c1-8-2-3-9(5-11(8)13)4-10(6-12)7-14;/h2-3,5-6H,4,7,14H2,1H3;1H/b10-6-;. The summed E-state index contributed by atoms with van der Waals surface area (Å²) in [5, 5.41) is 0. The normalized spacial score (nSPS) is 11.1. The van der Waals surface area contributed by atoms with Gasteiger partial charge >= 0.3 is 0 Å². The van der Waals surface area contributed by atoms with E-state index in [4.69, 9.17) is 5.73 Å². The first-order valence-electron chi connectivity index (χ1n) is 4.40. The fourth-order valence-electron chi connectivity index (χ4n) is 1.16. The molecule has 0 bridgehead atoms. The monoisotopic (exact) mass is 233 g/mol. The van der Waals surface area contributed by atoms with Crippen molar-refractivity contribution in [3.05, 3.63) is 47.0 Å². The van der Waals surface area contributed by atoms with Gasteiger partial charge in [0.15, 0.2) is 0 Å². The molecule has 2 N–H and O–H groups in total. The van der Waals surface area contributed by atoms with Crippen molar-refractivity contribution in [3.8, 4) is 0 Å². The Hall–Kier alpha value is -0.930. The molecule has 0 aromatic heterocycles. The third-order valence-electron chi connectivity index (χ3n) is 2.08. The first-order chi connectivity index (χ1) is 6.67. The lowest BCUT2D eigenvalue weighted by atomic mass is 10.0. The van der Waals surface area contributed by atoms with Crippen LogP contribution < -0.4 is 5.73 Å². The van der Waals surface area contributed by atoms with E-state index >= 15 is 0 Å². The van der Waals surface area contributed by atoms with Gasteiger partial charge in [0.25, 0.3) is 0 Å². The molecule has 0 saturated carbocycles. The SMILES string of the molecule is Cc1ccc(C/C(=C/F)CN)cc1F.Cl.